The van der Waals surface area contributed by atoms with Gasteiger partial charge in [-0.2, -0.15) is 0 Å². The van der Waals surface area contributed by atoms with Crippen LogP contribution < -0.4 is 0 Å². The number of rotatable bonds is 1. The average molecular weight is 475 g/mol. The lowest BCUT2D eigenvalue weighted by molar-refractivity contribution is -0.358. The van der Waals surface area contributed by atoms with Crippen LogP contribution in [0.25, 0.3) is 0 Å². The highest BCUT2D eigenvalue weighted by atomic mass is 16.7. The molecule has 6 nitrogen and oxygen atoms in total. The fraction of sp³-hybridized carbons (Fsp3) is 0.857. The van der Waals surface area contributed by atoms with Crippen molar-refractivity contribution in [2.45, 2.75) is 91.0 Å². The largest absolute Gasteiger partial charge is 0.466 e. The number of carbonyl (C=O) groups excluding carboxylic acids is 2. The number of methoxy groups -OCH3 is 1. The minimum atomic E-state index is -1.01. The summed E-state index contributed by atoms with van der Waals surface area (Å²) in [6.07, 6.45) is 6.56. The number of fused-ring (bicyclic) bond motifs is 5. The molecule has 1 aliphatic heterocycles. The summed E-state index contributed by atoms with van der Waals surface area (Å²) in [6.45, 7) is 12.0. The van der Waals surface area contributed by atoms with Gasteiger partial charge in [-0.3, -0.25) is 4.79 Å². The van der Waals surface area contributed by atoms with Crippen molar-refractivity contribution in [1.29, 1.82) is 0 Å². The van der Waals surface area contributed by atoms with E-state index in [1.54, 1.807) is 6.08 Å². The Kier molecular flexibility index (Phi) is 5.49. The van der Waals surface area contributed by atoms with Crippen LogP contribution in [0.15, 0.2) is 11.6 Å². The molecule has 1 heterocycles. The molecule has 5 fully saturated rings. The minimum absolute atomic E-state index is 0.0282. The van der Waals surface area contributed by atoms with Crippen LogP contribution in [0.5, 0.6) is 0 Å². The molecule has 34 heavy (non-hydrogen) atoms. The summed E-state index contributed by atoms with van der Waals surface area (Å²) < 4.78 is 17.5. The van der Waals surface area contributed by atoms with E-state index in [1.165, 1.54) is 7.11 Å². The third-order valence-corrected chi connectivity index (χ3v) is 10.7. The minimum Gasteiger partial charge on any atom is -0.466 e. The summed E-state index contributed by atoms with van der Waals surface area (Å²) in [7, 11) is 1.40. The molecule has 7 unspecified atom stereocenters. The molecule has 4 saturated carbocycles. The molecular formula is C28H42O6. The zero-order chi connectivity index (χ0) is 24.7. The van der Waals surface area contributed by atoms with E-state index in [9.17, 15) is 14.7 Å². The summed E-state index contributed by atoms with van der Waals surface area (Å²) in [4.78, 5) is 26.0. The van der Waals surface area contributed by atoms with E-state index in [2.05, 4.69) is 34.6 Å². The van der Waals surface area contributed by atoms with Gasteiger partial charge >= 0.3 is 5.97 Å². The maximum Gasteiger partial charge on any atom is 0.330 e. The number of aliphatic hydroxyl groups is 1. The van der Waals surface area contributed by atoms with Crippen LogP contribution in [-0.4, -0.2) is 48.6 Å². The van der Waals surface area contributed by atoms with E-state index in [0.29, 0.717) is 38.4 Å². The van der Waals surface area contributed by atoms with Gasteiger partial charge in [-0.05, 0) is 48.9 Å². The van der Waals surface area contributed by atoms with E-state index in [1.807, 2.05) is 0 Å². The summed E-state index contributed by atoms with van der Waals surface area (Å²) in [5, 5.41) is 12.3. The van der Waals surface area contributed by atoms with Crippen molar-refractivity contribution in [1.82, 2.24) is 0 Å². The van der Waals surface area contributed by atoms with Crippen molar-refractivity contribution in [3.8, 4) is 0 Å². The van der Waals surface area contributed by atoms with Crippen LogP contribution in [0.4, 0.5) is 0 Å². The zero-order valence-corrected chi connectivity index (χ0v) is 21.7. The van der Waals surface area contributed by atoms with Gasteiger partial charge < -0.3 is 19.3 Å². The number of ketones is 1. The van der Waals surface area contributed by atoms with E-state index in [4.69, 9.17) is 14.2 Å². The normalized spacial score (nSPS) is 48.2. The topological polar surface area (TPSA) is 82.1 Å². The van der Waals surface area contributed by atoms with Gasteiger partial charge in [0.25, 0.3) is 0 Å². The molecule has 0 radical (unpaired) electrons. The Morgan fingerprint density at radius 3 is 2.47 bits per heavy atom. The predicted molar refractivity (Wildman–Crippen MR) is 127 cm³/mol. The number of hydrogen-bond donors (Lipinski definition) is 1. The van der Waals surface area contributed by atoms with Crippen LogP contribution >= 0.6 is 0 Å². The quantitative estimate of drug-likeness (QED) is 0.447. The van der Waals surface area contributed by atoms with Crippen molar-refractivity contribution in [2.24, 2.45) is 39.9 Å². The molecule has 190 valence electrons. The molecule has 4 aliphatic carbocycles. The van der Waals surface area contributed by atoms with E-state index in [0.717, 1.165) is 31.3 Å². The Morgan fingerprint density at radius 1 is 1.15 bits per heavy atom. The van der Waals surface area contributed by atoms with Crippen LogP contribution in [-0.2, 0) is 23.8 Å². The van der Waals surface area contributed by atoms with Gasteiger partial charge in [0.05, 0.1) is 25.9 Å². The first-order valence-corrected chi connectivity index (χ1v) is 13.1. The highest BCUT2D eigenvalue weighted by molar-refractivity contribution is 5.87. The number of carbonyl (C=O) groups is 2. The molecule has 5 aliphatic rings. The second kappa shape index (κ2) is 7.63. The lowest BCUT2D eigenvalue weighted by Gasteiger charge is -2.66. The summed E-state index contributed by atoms with van der Waals surface area (Å²) in [6, 6.07) is 0. The van der Waals surface area contributed by atoms with E-state index in [-0.39, 0.29) is 40.3 Å². The first-order chi connectivity index (χ1) is 15.8. The fourth-order valence-corrected chi connectivity index (χ4v) is 8.71. The van der Waals surface area contributed by atoms with Gasteiger partial charge in [-0.1, -0.05) is 40.2 Å². The number of Topliss-reactive ketones (excluding diaryl/α,β-unsaturated/α-hetero) is 1. The SMILES string of the molecule is COC(=O)/C=C1\CCC2C3CC(C)C4(O)CC5(CCC4(C)C3C(=O)CC12C)OCC(C)(C)CO5. The number of allylic oxidation sites excluding steroid dienone is 1. The molecule has 0 amide bonds. The van der Waals surface area contributed by atoms with Gasteiger partial charge in [0.1, 0.15) is 5.78 Å². The first kappa shape index (κ1) is 24.5. The lowest BCUT2D eigenvalue weighted by Crippen LogP contribution is -2.70. The molecule has 1 spiro atoms. The molecule has 5 rings (SSSR count). The van der Waals surface area contributed by atoms with Gasteiger partial charge in [-0.25, -0.2) is 4.79 Å². The molecule has 1 N–H and O–H groups in total. The Morgan fingerprint density at radius 2 is 1.82 bits per heavy atom. The number of ether oxygens (including phenoxy) is 3. The molecule has 0 bridgehead atoms. The van der Waals surface area contributed by atoms with Crippen LogP contribution in [0.1, 0.15) is 79.6 Å². The van der Waals surface area contributed by atoms with Crippen LogP contribution in [0.3, 0.4) is 0 Å². The van der Waals surface area contributed by atoms with Crippen molar-refractivity contribution in [3.63, 3.8) is 0 Å². The van der Waals surface area contributed by atoms with Crippen molar-refractivity contribution < 1.29 is 28.9 Å². The second-order valence-corrected chi connectivity index (χ2v) is 13.3. The highest BCUT2D eigenvalue weighted by Gasteiger charge is 2.70. The first-order valence-electron chi connectivity index (χ1n) is 13.1. The number of esters is 1. The van der Waals surface area contributed by atoms with Crippen molar-refractivity contribution in [3.05, 3.63) is 11.6 Å². The Labute approximate surface area is 203 Å². The third-order valence-electron chi connectivity index (χ3n) is 10.7. The molecule has 0 aromatic carbocycles. The van der Waals surface area contributed by atoms with Gasteiger partial charge in [0, 0.05) is 42.1 Å². The Hall–Kier alpha value is -1.24. The molecule has 0 aromatic rings. The van der Waals surface area contributed by atoms with Gasteiger partial charge in [-0.15, -0.1) is 0 Å². The molecule has 1 saturated heterocycles. The Bertz CT molecular complexity index is 912. The third kappa shape index (κ3) is 3.31. The molecule has 7 atom stereocenters. The summed E-state index contributed by atoms with van der Waals surface area (Å²) >= 11 is 0. The highest BCUT2D eigenvalue weighted by Crippen LogP contribution is 2.69. The molecule has 6 heteroatoms. The fourth-order valence-electron chi connectivity index (χ4n) is 8.71. The second-order valence-electron chi connectivity index (χ2n) is 13.3. The van der Waals surface area contributed by atoms with Crippen molar-refractivity contribution in [2.75, 3.05) is 20.3 Å². The maximum atomic E-state index is 13.9. The smallest absolute Gasteiger partial charge is 0.330 e. The van der Waals surface area contributed by atoms with Gasteiger partial charge in [0.2, 0.25) is 0 Å². The monoisotopic (exact) mass is 474 g/mol. The van der Waals surface area contributed by atoms with Crippen molar-refractivity contribution >= 4 is 11.8 Å². The molecular weight excluding hydrogens is 432 g/mol. The maximum absolute atomic E-state index is 13.9. The molecule has 0 aromatic heterocycles. The standard InChI is InChI=1S/C28H42O6/c1-17-11-19-20-8-7-18(12-22(30)32-6)25(20,4)13-21(29)23(19)26(5)9-10-27(14-28(17,26)31)33-15-24(2,3)16-34-27/h12,17,19-20,23,31H,7-11,13-16H2,1-6H3/b18-12+. The summed E-state index contributed by atoms with van der Waals surface area (Å²) in [5.41, 5.74) is -0.785. The van der Waals surface area contributed by atoms with E-state index < -0.39 is 16.8 Å². The summed E-state index contributed by atoms with van der Waals surface area (Å²) in [5.74, 6) is -0.413. The zero-order valence-electron chi connectivity index (χ0n) is 21.7. The average Bonchev–Trinajstić information content (AvgIpc) is 3.08. The number of hydrogen-bond acceptors (Lipinski definition) is 6. The van der Waals surface area contributed by atoms with Crippen LogP contribution in [0, 0.1) is 39.9 Å². The van der Waals surface area contributed by atoms with Gasteiger partial charge in [0.15, 0.2) is 5.79 Å². The predicted octanol–water partition coefficient (Wildman–Crippen LogP) is 4.44. The lowest BCUT2D eigenvalue weighted by atomic mass is 9.41. The van der Waals surface area contributed by atoms with Crippen LogP contribution in [0.2, 0.25) is 0 Å². The van der Waals surface area contributed by atoms with E-state index >= 15 is 0 Å². The Balaban J connectivity index is 1.47.